The number of carbonyl (C=O) groups excluding carboxylic acids is 2. The highest BCUT2D eigenvalue weighted by Gasteiger charge is 2.21. The minimum atomic E-state index is -0.459. The molecule has 2 rings (SSSR count). The molecule has 1 aromatic carbocycles. The summed E-state index contributed by atoms with van der Waals surface area (Å²) in [6.07, 6.45) is 2.45. The molecule has 0 spiro atoms. The fraction of sp³-hybridized carbons (Fsp3) is 0.429. The van der Waals surface area contributed by atoms with E-state index in [1.165, 1.54) is 0 Å². The second-order valence-corrected chi connectivity index (χ2v) is 4.79. The van der Waals surface area contributed by atoms with E-state index in [-0.39, 0.29) is 5.91 Å². The lowest BCUT2D eigenvalue weighted by atomic mass is 10.1. The highest BCUT2D eigenvalue weighted by Crippen LogP contribution is 2.26. The zero-order valence-electron chi connectivity index (χ0n) is 10.8. The van der Waals surface area contributed by atoms with Crippen molar-refractivity contribution in [3.63, 3.8) is 0 Å². The number of anilines is 1. The molecule has 1 aromatic rings. The van der Waals surface area contributed by atoms with Crippen molar-refractivity contribution >= 4 is 29.2 Å². The van der Waals surface area contributed by atoms with E-state index in [1.807, 2.05) is 0 Å². The summed E-state index contributed by atoms with van der Waals surface area (Å²) in [6, 6.07) is 5.02. The second kappa shape index (κ2) is 6.06. The molecule has 1 heterocycles. The van der Waals surface area contributed by atoms with Crippen molar-refractivity contribution in [1.82, 2.24) is 0 Å². The van der Waals surface area contributed by atoms with Gasteiger partial charge in [-0.25, -0.2) is 4.79 Å². The summed E-state index contributed by atoms with van der Waals surface area (Å²) >= 11 is 6.00. The van der Waals surface area contributed by atoms with Gasteiger partial charge in [0, 0.05) is 18.7 Å². The smallest absolute Gasteiger partial charge is 0.339 e. The molecule has 0 unspecified atom stereocenters. The molecule has 4 nitrogen and oxygen atoms in total. The molecule has 5 heteroatoms. The van der Waals surface area contributed by atoms with Crippen LogP contribution < -0.4 is 4.90 Å². The van der Waals surface area contributed by atoms with Crippen LogP contribution in [-0.4, -0.2) is 25.0 Å². The van der Waals surface area contributed by atoms with Gasteiger partial charge in [-0.05, 0) is 38.0 Å². The first-order chi connectivity index (χ1) is 9.13. The number of esters is 1. The molecular formula is C14H16ClNO3. The Labute approximate surface area is 117 Å². The third-order valence-corrected chi connectivity index (χ3v) is 3.41. The second-order valence-electron chi connectivity index (χ2n) is 4.39. The van der Waals surface area contributed by atoms with E-state index in [0.717, 1.165) is 12.8 Å². The van der Waals surface area contributed by atoms with Crippen molar-refractivity contribution in [3.05, 3.63) is 28.8 Å². The largest absolute Gasteiger partial charge is 0.462 e. The number of rotatable bonds is 3. The lowest BCUT2D eigenvalue weighted by molar-refractivity contribution is -0.119. The third-order valence-electron chi connectivity index (χ3n) is 3.08. The number of piperidine rings is 1. The summed E-state index contributed by atoms with van der Waals surface area (Å²) in [5.74, 6) is -0.373. The Hall–Kier alpha value is -1.55. The van der Waals surface area contributed by atoms with Crippen LogP contribution in [0, 0.1) is 0 Å². The molecule has 102 valence electrons. The minimum Gasteiger partial charge on any atom is -0.462 e. The summed E-state index contributed by atoms with van der Waals surface area (Å²) in [5, 5.41) is 0.339. The van der Waals surface area contributed by atoms with Crippen LogP contribution in [0.3, 0.4) is 0 Å². The van der Waals surface area contributed by atoms with E-state index in [4.69, 9.17) is 16.3 Å². The predicted molar refractivity (Wildman–Crippen MR) is 73.6 cm³/mol. The van der Waals surface area contributed by atoms with Gasteiger partial charge in [0.2, 0.25) is 5.91 Å². The van der Waals surface area contributed by atoms with Crippen molar-refractivity contribution in [2.24, 2.45) is 0 Å². The summed E-state index contributed by atoms with van der Waals surface area (Å²) in [6.45, 7) is 2.72. The van der Waals surface area contributed by atoms with Gasteiger partial charge < -0.3 is 9.64 Å². The Balaban J connectivity index is 2.29. The Morgan fingerprint density at radius 3 is 2.89 bits per heavy atom. The van der Waals surface area contributed by atoms with Crippen LogP contribution in [0.25, 0.3) is 0 Å². The number of benzene rings is 1. The highest BCUT2D eigenvalue weighted by molar-refractivity contribution is 6.33. The molecule has 1 aliphatic heterocycles. The number of ether oxygens (including phenoxy) is 1. The molecular weight excluding hydrogens is 266 g/mol. The van der Waals surface area contributed by atoms with Gasteiger partial charge in [-0.1, -0.05) is 11.6 Å². The Bertz CT molecular complexity index is 501. The number of halogens is 1. The van der Waals surface area contributed by atoms with E-state index >= 15 is 0 Å². The standard InChI is InChI=1S/C14H16ClNO3/c1-2-19-14(18)11-9-10(6-7-12(11)15)16-8-4-3-5-13(16)17/h6-7,9H,2-5,8H2,1H3. The molecule has 0 N–H and O–H groups in total. The Morgan fingerprint density at radius 1 is 1.42 bits per heavy atom. The third kappa shape index (κ3) is 3.07. The maximum absolute atomic E-state index is 11.9. The molecule has 19 heavy (non-hydrogen) atoms. The van der Waals surface area contributed by atoms with Gasteiger partial charge in [-0.3, -0.25) is 4.79 Å². The maximum atomic E-state index is 11.9. The zero-order chi connectivity index (χ0) is 13.8. The molecule has 1 fully saturated rings. The first-order valence-corrected chi connectivity index (χ1v) is 6.78. The fourth-order valence-corrected chi connectivity index (χ4v) is 2.32. The normalized spacial score (nSPS) is 15.5. The zero-order valence-corrected chi connectivity index (χ0v) is 11.6. The molecule has 0 radical (unpaired) electrons. The number of hydrogen-bond donors (Lipinski definition) is 0. The molecule has 1 saturated heterocycles. The molecule has 1 aliphatic rings. The van der Waals surface area contributed by atoms with Gasteiger partial charge in [-0.2, -0.15) is 0 Å². The van der Waals surface area contributed by atoms with Crippen LogP contribution in [0.5, 0.6) is 0 Å². The lowest BCUT2D eigenvalue weighted by Crippen LogP contribution is -2.35. The van der Waals surface area contributed by atoms with Crippen molar-refractivity contribution in [1.29, 1.82) is 0 Å². The molecule has 0 aliphatic carbocycles. The van der Waals surface area contributed by atoms with Crippen molar-refractivity contribution < 1.29 is 14.3 Å². The average molecular weight is 282 g/mol. The Kier molecular flexibility index (Phi) is 4.43. The van der Waals surface area contributed by atoms with E-state index in [2.05, 4.69) is 0 Å². The summed E-state index contributed by atoms with van der Waals surface area (Å²) in [7, 11) is 0. The monoisotopic (exact) mass is 281 g/mol. The average Bonchev–Trinajstić information content (AvgIpc) is 2.40. The SMILES string of the molecule is CCOC(=O)c1cc(N2CCCCC2=O)ccc1Cl. The maximum Gasteiger partial charge on any atom is 0.339 e. The van der Waals surface area contributed by atoms with Crippen molar-refractivity contribution in [3.8, 4) is 0 Å². The van der Waals surface area contributed by atoms with E-state index in [0.29, 0.717) is 35.8 Å². The van der Waals surface area contributed by atoms with Crippen LogP contribution in [0.1, 0.15) is 36.5 Å². The van der Waals surface area contributed by atoms with Crippen molar-refractivity contribution in [2.75, 3.05) is 18.1 Å². The van der Waals surface area contributed by atoms with E-state index in [1.54, 1.807) is 30.0 Å². The van der Waals surface area contributed by atoms with Crippen LogP contribution in [0.15, 0.2) is 18.2 Å². The minimum absolute atomic E-state index is 0.0865. The molecule has 0 bridgehead atoms. The van der Waals surface area contributed by atoms with Crippen LogP contribution >= 0.6 is 11.6 Å². The van der Waals surface area contributed by atoms with Crippen LogP contribution in [0.4, 0.5) is 5.69 Å². The summed E-state index contributed by atoms with van der Waals surface area (Å²) < 4.78 is 4.95. The van der Waals surface area contributed by atoms with Gasteiger partial charge in [0.1, 0.15) is 0 Å². The number of carbonyl (C=O) groups is 2. The van der Waals surface area contributed by atoms with Crippen LogP contribution in [0.2, 0.25) is 5.02 Å². The van der Waals surface area contributed by atoms with Gasteiger partial charge in [0.25, 0.3) is 0 Å². The van der Waals surface area contributed by atoms with Crippen LogP contribution in [-0.2, 0) is 9.53 Å². The number of hydrogen-bond acceptors (Lipinski definition) is 3. The van der Waals surface area contributed by atoms with E-state index in [9.17, 15) is 9.59 Å². The van der Waals surface area contributed by atoms with Gasteiger partial charge in [-0.15, -0.1) is 0 Å². The quantitative estimate of drug-likeness (QED) is 0.800. The molecule has 0 atom stereocenters. The van der Waals surface area contributed by atoms with Gasteiger partial charge in [0.05, 0.1) is 17.2 Å². The first kappa shape index (κ1) is 13.9. The summed E-state index contributed by atoms with van der Waals surface area (Å²) in [4.78, 5) is 25.3. The van der Waals surface area contributed by atoms with Gasteiger partial charge in [0.15, 0.2) is 0 Å². The number of amides is 1. The molecule has 0 aromatic heterocycles. The summed E-state index contributed by atoms with van der Waals surface area (Å²) in [5.41, 5.74) is 1.01. The fourth-order valence-electron chi connectivity index (χ4n) is 2.13. The Morgan fingerprint density at radius 2 is 2.21 bits per heavy atom. The topological polar surface area (TPSA) is 46.6 Å². The van der Waals surface area contributed by atoms with E-state index < -0.39 is 5.97 Å². The highest BCUT2D eigenvalue weighted by atomic mass is 35.5. The first-order valence-electron chi connectivity index (χ1n) is 6.40. The molecule has 0 saturated carbocycles. The van der Waals surface area contributed by atoms with Gasteiger partial charge >= 0.3 is 5.97 Å². The lowest BCUT2D eigenvalue weighted by Gasteiger charge is -2.27. The van der Waals surface area contributed by atoms with Crippen molar-refractivity contribution in [2.45, 2.75) is 26.2 Å². The predicted octanol–water partition coefficient (Wildman–Crippen LogP) is 3.03. The number of nitrogens with zero attached hydrogens (tertiary/aromatic N) is 1. The molecule has 1 amide bonds.